The molecule has 0 spiro atoms. The van der Waals surface area contributed by atoms with Gasteiger partial charge in [-0.3, -0.25) is 4.79 Å². The van der Waals surface area contributed by atoms with E-state index in [-0.39, 0.29) is 5.57 Å². The highest BCUT2D eigenvalue weighted by Crippen LogP contribution is 2.22. The number of hydrogen-bond donors (Lipinski definition) is 1. The fourth-order valence-corrected chi connectivity index (χ4v) is 2.42. The van der Waals surface area contributed by atoms with Crippen LogP contribution >= 0.6 is 0 Å². The number of carbonyl (C=O) groups is 1. The number of nitrogens with zero attached hydrogens (tertiary/aromatic N) is 1. The average Bonchev–Trinajstić information content (AvgIpc) is 2.66. The summed E-state index contributed by atoms with van der Waals surface area (Å²) >= 11 is 0. The molecule has 1 atom stereocenters. The predicted molar refractivity (Wildman–Crippen MR) is 100 cm³/mol. The van der Waals surface area contributed by atoms with E-state index >= 15 is 0 Å². The minimum absolute atomic E-state index is 0.0236. The molecule has 2 rings (SSSR count). The number of carbonyl (C=O) groups excluding carboxylic acids is 1. The third kappa shape index (κ3) is 4.71. The first-order chi connectivity index (χ1) is 12.1. The van der Waals surface area contributed by atoms with Gasteiger partial charge in [-0.1, -0.05) is 44.2 Å². The molecule has 0 radical (unpaired) electrons. The summed E-state index contributed by atoms with van der Waals surface area (Å²) in [5.41, 5.74) is 2.60. The van der Waals surface area contributed by atoms with Crippen molar-refractivity contribution < 1.29 is 9.53 Å². The summed E-state index contributed by atoms with van der Waals surface area (Å²) in [4.78, 5) is 12.4. The van der Waals surface area contributed by atoms with Gasteiger partial charge in [-0.05, 0) is 42.2 Å². The number of hydrogen-bond acceptors (Lipinski definition) is 3. The first-order valence-electron chi connectivity index (χ1n) is 8.25. The average molecular weight is 334 g/mol. The molecule has 0 aliphatic carbocycles. The van der Waals surface area contributed by atoms with E-state index in [2.05, 4.69) is 19.2 Å². The molecule has 25 heavy (non-hydrogen) atoms. The van der Waals surface area contributed by atoms with Crippen molar-refractivity contribution in [3.63, 3.8) is 0 Å². The van der Waals surface area contributed by atoms with Gasteiger partial charge >= 0.3 is 0 Å². The SMILES string of the molecule is CC[C@@H](C)c1ccc(NC(=O)/C(C#N)=C/c2ccccc2OC)cc1. The lowest BCUT2D eigenvalue weighted by molar-refractivity contribution is -0.112. The topological polar surface area (TPSA) is 62.1 Å². The number of nitriles is 1. The Kier molecular flexibility index (Phi) is 6.36. The van der Waals surface area contributed by atoms with Crippen LogP contribution in [0.1, 0.15) is 37.3 Å². The molecule has 4 nitrogen and oxygen atoms in total. The zero-order valence-corrected chi connectivity index (χ0v) is 14.7. The van der Waals surface area contributed by atoms with Crippen LogP contribution in [0.2, 0.25) is 0 Å². The lowest BCUT2D eigenvalue weighted by Gasteiger charge is -2.10. The second kappa shape index (κ2) is 8.70. The zero-order chi connectivity index (χ0) is 18.2. The molecule has 1 N–H and O–H groups in total. The lowest BCUT2D eigenvalue weighted by atomic mass is 9.98. The van der Waals surface area contributed by atoms with Crippen molar-refractivity contribution >= 4 is 17.7 Å². The van der Waals surface area contributed by atoms with Crippen LogP contribution in [0.4, 0.5) is 5.69 Å². The van der Waals surface area contributed by atoms with Crippen molar-refractivity contribution in [2.75, 3.05) is 12.4 Å². The standard InChI is InChI=1S/C21H22N2O2/c1-4-15(2)16-9-11-19(12-10-16)23-21(24)18(14-22)13-17-7-5-6-8-20(17)25-3/h5-13,15H,4H2,1-3H3,(H,23,24)/b18-13+/t15-/m1/s1. The van der Waals surface area contributed by atoms with Crippen molar-refractivity contribution in [2.24, 2.45) is 0 Å². The van der Waals surface area contributed by atoms with Crippen molar-refractivity contribution in [1.29, 1.82) is 5.26 Å². The lowest BCUT2D eigenvalue weighted by Crippen LogP contribution is -2.13. The Hall–Kier alpha value is -3.06. The summed E-state index contributed by atoms with van der Waals surface area (Å²) in [5, 5.41) is 12.1. The number of para-hydroxylation sites is 1. The van der Waals surface area contributed by atoms with Crippen LogP contribution in [0.15, 0.2) is 54.1 Å². The first kappa shape index (κ1) is 18.3. The number of nitrogens with one attached hydrogen (secondary N) is 1. The molecule has 0 aromatic heterocycles. The minimum Gasteiger partial charge on any atom is -0.496 e. The van der Waals surface area contributed by atoms with Gasteiger partial charge in [-0.15, -0.1) is 0 Å². The van der Waals surface area contributed by atoms with Crippen LogP contribution < -0.4 is 10.1 Å². The van der Waals surface area contributed by atoms with Gasteiger partial charge in [0, 0.05) is 11.3 Å². The molecule has 0 fully saturated rings. The molecule has 0 bridgehead atoms. The minimum atomic E-state index is -0.440. The van der Waals surface area contributed by atoms with Gasteiger partial charge in [-0.25, -0.2) is 0 Å². The Morgan fingerprint density at radius 1 is 1.24 bits per heavy atom. The molecule has 2 aromatic rings. The smallest absolute Gasteiger partial charge is 0.266 e. The highest BCUT2D eigenvalue weighted by atomic mass is 16.5. The van der Waals surface area contributed by atoms with Gasteiger partial charge in [0.05, 0.1) is 7.11 Å². The quantitative estimate of drug-likeness (QED) is 0.612. The first-order valence-corrected chi connectivity index (χ1v) is 8.25. The third-order valence-corrected chi connectivity index (χ3v) is 4.15. The Labute approximate surface area is 148 Å². The highest BCUT2D eigenvalue weighted by molar-refractivity contribution is 6.09. The van der Waals surface area contributed by atoms with E-state index in [0.29, 0.717) is 22.9 Å². The summed E-state index contributed by atoms with van der Waals surface area (Å²) in [5.74, 6) is 0.649. The van der Waals surface area contributed by atoms with Gasteiger partial charge < -0.3 is 10.1 Å². The fourth-order valence-electron chi connectivity index (χ4n) is 2.42. The van der Waals surface area contributed by atoms with Crippen LogP contribution in [0.3, 0.4) is 0 Å². The van der Waals surface area contributed by atoms with Crippen molar-refractivity contribution in [3.8, 4) is 11.8 Å². The second-order valence-corrected chi connectivity index (χ2v) is 5.80. The Morgan fingerprint density at radius 3 is 2.52 bits per heavy atom. The number of amides is 1. The monoisotopic (exact) mass is 334 g/mol. The molecule has 0 saturated carbocycles. The summed E-state index contributed by atoms with van der Waals surface area (Å²) in [6.07, 6.45) is 2.59. The molecular weight excluding hydrogens is 312 g/mol. The Morgan fingerprint density at radius 2 is 1.92 bits per heavy atom. The summed E-state index contributed by atoms with van der Waals surface area (Å²) < 4.78 is 5.25. The van der Waals surface area contributed by atoms with Crippen LogP contribution in [-0.4, -0.2) is 13.0 Å². The van der Waals surface area contributed by atoms with E-state index in [0.717, 1.165) is 6.42 Å². The predicted octanol–water partition coefficient (Wildman–Crippen LogP) is 4.75. The van der Waals surface area contributed by atoms with E-state index < -0.39 is 5.91 Å². The van der Waals surface area contributed by atoms with Crippen LogP contribution in [-0.2, 0) is 4.79 Å². The van der Waals surface area contributed by atoms with Crippen molar-refractivity contribution in [3.05, 3.63) is 65.2 Å². The molecule has 2 aromatic carbocycles. The highest BCUT2D eigenvalue weighted by Gasteiger charge is 2.11. The van der Waals surface area contributed by atoms with E-state index in [4.69, 9.17) is 4.74 Å². The van der Waals surface area contributed by atoms with Gasteiger partial charge in [0.1, 0.15) is 17.4 Å². The molecule has 1 amide bonds. The van der Waals surface area contributed by atoms with E-state index in [1.807, 2.05) is 42.5 Å². The van der Waals surface area contributed by atoms with Crippen LogP contribution in [0.5, 0.6) is 5.75 Å². The molecule has 4 heteroatoms. The number of ether oxygens (including phenoxy) is 1. The third-order valence-electron chi connectivity index (χ3n) is 4.15. The molecule has 128 valence electrons. The maximum atomic E-state index is 12.4. The normalized spacial score (nSPS) is 12.2. The molecule has 0 aliphatic rings. The van der Waals surface area contributed by atoms with E-state index in [1.165, 1.54) is 11.6 Å². The van der Waals surface area contributed by atoms with Crippen LogP contribution in [0, 0.1) is 11.3 Å². The van der Waals surface area contributed by atoms with Gasteiger partial charge in [0.2, 0.25) is 0 Å². The zero-order valence-electron chi connectivity index (χ0n) is 14.7. The van der Waals surface area contributed by atoms with Gasteiger partial charge in [-0.2, -0.15) is 5.26 Å². The van der Waals surface area contributed by atoms with E-state index in [1.54, 1.807) is 19.2 Å². The largest absolute Gasteiger partial charge is 0.496 e. The maximum absolute atomic E-state index is 12.4. The van der Waals surface area contributed by atoms with Crippen molar-refractivity contribution in [2.45, 2.75) is 26.2 Å². The Balaban J connectivity index is 2.18. The number of rotatable bonds is 6. The summed E-state index contributed by atoms with van der Waals surface area (Å²) in [7, 11) is 1.55. The number of benzene rings is 2. The van der Waals surface area contributed by atoms with Gasteiger partial charge in [0.25, 0.3) is 5.91 Å². The van der Waals surface area contributed by atoms with Gasteiger partial charge in [0.15, 0.2) is 0 Å². The molecule has 0 heterocycles. The van der Waals surface area contributed by atoms with E-state index in [9.17, 15) is 10.1 Å². The Bertz CT molecular complexity index is 801. The summed E-state index contributed by atoms with van der Waals surface area (Å²) in [6.45, 7) is 4.31. The van der Waals surface area contributed by atoms with Crippen LogP contribution in [0.25, 0.3) is 6.08 Å². The molecule has 0 unspecified atom stereocenters. The summed E-state index contributed by atoms with van der Waals surface area (Å²) in [6, 6.07) is 16.9. The molecule has 0 aliphatic heterocycles. The van der Waals surface area contributed by atoms with Crippen molar-refractivity contribution in [1.82, 2.24) is 0 Å². The number of anilines is 1. The molecular formula is C21H22N2O2. The maximum Gasteiger partial charge on any atom is 0.266 e. The fraction of sp³-hybridized carbons (Fsp3) is 0.238. The second-order valence-electron chi connectivity index (χ2n) is 5.80. The molecule has 0 saturated heterocycles. The number of methoxy groups -OCH3 is 1.